The summed E-state index contributed by atoms with van der Waals surface area (Å²) < 4.78 is 10.9. The second-order valence-electron chi connectivity index (χ2n) is 7.13. The van der Waals surface area contributed by atoms with E-state index in [1.807, 2.05) is 60.7 Å². The van der Waals surface area contributed by atoms with Crippen LogP contribution in [0.15, 0.2) is 94.7 Å². The molecule has 0 spiro atoms. The fraction of sp³-hybridized carbons (Fsp3) is 0.0769. The summed E-state index contributed by atoms with van der Waals surface area (Å²) in [5, 5.41) is 0. The van der Waals surface area contributed by atoms with Gasteiger partial charge in [0.1, 0.15) is 11.5 Å². The number of nitrogens with two attached hydrogens (primary N) is 2. The number of rotatable bonds is 7. The minimum atomic E-state index is 0.742. The Morgan fingerprint density at radius 2 is 0.906 bits per heavy atom. The first kappa shape index (κ1) is 22.0. The van der Waals surface area contributed by atoms with Crippen molar-refractivity contribution in [3.05, 3.63) is 84.9 Å². The van der Waals surface area contributed by atoms with Gasteiger partial charge in [0.25, 0.3) is 0 Å². The van der Waals surface area contributed by atoms with Gasteiger partial charge >= 0.3 is 0 Å². The van der Waals surface area contributed by atoms with Crippen molar-refractivity contribution in [1.29, 1.82) is 0 Å². The molecule has 0 aromatic heterocycles. The lowest BCUT2D eigenvalue weighted by atomic mass is 10.1. The highest BCUT2D eigenvalue weighted by molar-refractivity contribution is 8.76. The zero-order valence-electron chi connectivity index (χ0n) is 17.9. The van der Waals surface area contributed by atoms with Crippen molar-refractivity contribution >= 4 is 33.0 Å². The lowest BCUT2D eigenvalue weighted by Crippen LogP contribution is -1.89. The Kier molecular flexibility index (Phi) is 6.83. The van der Waals surface area contributed by atoms with Crippen LogP contribution in [-0.4, -0.2) is 14.2 Å². The smallest absolute Gasteiger partial charge is 0.119 e. The second-order valence-corrected chi connectivity index (χ2v) is 9.35. The van der Waals surface area contributed by atoms with E-state index in [1.54, 1.807) is 35.8 Å². The van der Waals surface area contributed by atoms with Gasteiger partial charge in [-0.25, -0.2) is 0 Å². The molecule has 4 aromatic rings. The molecule has 0 bridgehead atoms. The first-order chi connectivity index (χ1) is 15.6. The van der Waals surface area contributed by atoms with Gasteiger partial charge < -0.3 is 20.9 Å². The molecule has 0 saturated carbocycles. The molecule has 4 rings (SSSR count). The number of hydrogen-bond donors (Lipinski definition) is 2. The Morgan fingerprint density at radius 3 is 1.25 bits per heavy atom. The van der Waals surface area contributed by atoms with Crippen LogP contribution in [0, 0.1) is 0 Å². The van der Waals surface area contributed by atoms with Crippen LogP contribution in [0.3, 0.4) is 0 Å². The lowest BCUT2D eigenvalue weighted by molar-refractivity contribution is 0.414. The molecule has 0 aliphatic carbocycles. The molecule has 4 nitrogen and oxygen atoms in total. The summed E-state index contributed by atoms with van der Waals surface area (Å²) in [5.74, 6) is 1.64. The Balaban J connectivity index is 1.68. The molecule has 0 fully saturated rings. The van der Waals surface area contributed by atoms with Crippen molar-refractivity contribution in [3.63, 3.8) is 0 Å². The maximum Gasteiger partial charge on any atom is 0.119 e. The number of anilines is 2. The van der Waals surface area contributed by atoms with Crippen molar-refractivity contribution in [3.8, 4) is 33.8 Å². The zero-order chi connectivity index (χ0) is 22.5. The van der Waals surface area contributed by atoms with Gasteiger partial charge in [0.2, 0.25) is 0 Å². The number of methoxy groups -OCH3 is 2. The van der Waals surface area contributed by atoms with Crippen LogP contribution >= 0.6 is 21.6 Å². The van der Waals surface area contributed by atoms with Crippen molar-refractivity contribution in [2.45, 2.75) is 9.79 Å². The van der Waals surface area contributed by atoms with Crippen LogP contribution in [0.2, 0.25) is 0 Å². The average molecular weight is 461 g/mol. The number of benzene rings is 4. The van der Waals surface area contributed by atoms with Gasteiger partial charge in [0, 0.05) is 21.2 Å². The van der Waals surface area contributed by atoms with E-state index in [4.69, 9.17) is 20.9 Å². The molecule has 0 heterocycles. The minimum absolute atomic E-state index is 0.742. The highest BCUT2D eigenvalue weighted by Gasteiger charge is 2.13. The summed E-state index contributed by atoms with van der Waals surface area (Å²) in [7, 11) is 6.78. The highest BCUT2D eigenvalue weighted by Crippen LogP contribution is 2.46. The fourth-order valence-electron chi connectivity index (χ4n) is 3.28. The summed E-state index contributed by atoms with van der Waals surface area (Å²) >= 11 is 0. The van der Waals surface area contributed by atoms with Gasteiger partial charge in [-0.15, -0.1) is 0 Å². The fourth-order valence-corrected chi connectivity index (χ4v) is 5.65. The Hall–Kier alpha value is -3.22. The summed E-state index contributed by atoms with van der Waals surface area (Å²) in [6, 6.07) is 28.1. The third kappa shape index (κ3) is 4.98. The molecule has 0 aliphatic heterocycles. The summed E-state index contributed by atoms with van der Waals surface area (Å²) in [4.78, 5) is 2.28. The van der Waals surface area contributed by atoms with Gasteiger partial charge in [-0.2, -0.15) is 0 Å². The topological polar surface area (TPSA) is 70.5 Å². The quantitative estimate of drug-likeness (QED) is 0.228. The minimum Gasteiger partial charge on any atom is -0.497 e. The van der Waals surface area contributed by atoms with Crippen molar-refractivity contribution in [2.24, 2.45) is 0 Å². The molecule has 0 unspecified atom stereocenters. The molecular weight excluding hydrogens is 436 g/mol. The molecule has 0 saturated heterocycles. The first-order valence-electron chi connectivity index (χ1n) is 10.00. The van der Waals surface area contributed by atoms with Crippen molar-refractivity contribution < 1.29 is 9.47 Å². The SMILES string of the molecule is COc1ccc(SSc2ccc(OC)cc2-c2ccc(N)cc2)c(-c2ccc(N)cc2)c1. The van der Waals surface area contributed by atoms with E-state index in [0.29, 0.717) is 0 Å². The lowest BCUT2D eigenvalue weighted by Gasteiger charge is -2.14. The van der Waals surface area contributed by atoms with Crippen LogP contribution < -0.4 is 20.9 Å². The zero-order valence-corrected chi connectivity index (χ0v) is 19.5. The van der Waals surface area contributed by atoms with E-state index < -0.39 is 0 Å². The normalized spacial score (nSPS) is 10.7. The van der Waals surface area contributed by atoms with E-state index in [-0.39, 0.29) is 0 Å². The molecular formula is C26H24N2O2S2. The number of hydrogen-bond acceptors (Lipinski definition) is 6. The standard InChI is InChI=1S/C26H24N2O2S2/c1-29-21-11-13-25(23(15-21)17-3-7-19(27)8-4-17)31-32-26-14-12-22(30-2)16-24(26)18-5-9-20(28)10-6-18/h3-16H,27-28H2,1-2H3. The molecule has 4 aromatic carbocycles. The third-order valence-corrected chi connectivity index (χ3v) is 7.52. The Morgan fingerprint density at radius 1 is 0.531 bits per heavy atom. The van der Waals surface area contributed by atoms with Crippen LogP contribution in [0.25, 0.3) is 22.3 Å². The molecule has 0 atom stereocenters. The van der Waals surface area contributed by atoms with Gasteiger partial charge in [0.05, 0.1) is 14.2 Å². The number of ether oxygens (including phenoxy) is 2. The third-order valence-electron chi connectivity index (χ3n) is 5.04. The number of nitrogen functional groups attached to an aromatic ring is 2. The maximum atomic E-state index is 5.89. The summed E-state index contributed by atoms with van der Waals surface area (Å²) in [5.41, 5.74) is 17.6. The van der Waals surface area contributed by atoms with E-state index in [2.05, 4.69) is 24.3 Å². The predicted molar refractivity (Wildman–Crippen MR) is 137 cm³/mol. The van der Waals surface area contributed by atoms with Crippen molar-refractivity contribution in [2.75, 3.05) is 25.7 Å². The van der Waals surface area contributed by atoms with Crippen molar-refractivity contribution in [1.82, 2.24) is 0 Å². The van der Waals surface area contributed by atoms with Gasteiger partial charge in [0.15, 0.2) is 0 Å². The second kappa shape index (κ2) is 9.94. The molecule has 0 amide bonds. The molecule has 6 heteroatoms. The maximum absolute atomic E-state index is 5.89. The van der Waals surface area contributed by atoms with Crippen LogP contribution in [0.5, 0.6) is 11.5 Å². The summed E-state index contributed by atoms with van der Waals surface area (Å²) in [6.07, 6.45) is 0. The molecule has 4 N–H and O–H groups in total. The van der Waals surface area contributed by atoms with Crippen LogP contribution in [-0.2, 0) is 0 Å². The first-order valence-corrected chi connectivity index (χ1v) is 12.1. The van der Waals surface area contributed by atoms with Gasteiger partial charge in [-0.05, 0) is 82.9 Å². The molecule has 32 heavy (non-hydrogen) atoms. The van der Waals surface area contributed by atoms with Crippen LogP contribution in [0.1, 0.15) is 0 Å². The monoisotopic (exact) mass is 460 g/mol. The van der Waals surface area contributed by atoms with Gasteiger partial charge in [-0.1, -0.05) is 45.9 Å². The molecule has 0 aliphatic rings. The largest absolute Gasteiger partial charge is 0.497 e. The van der Waals surface area contributed by atoms with E-state index in [9.17, 15) is 0 Å². The Labute approximate surface area is 196 Å². The average Bonchev–Trinajstić information content (AvgIpc) is 2.83. The van der Waals surface area contributed by atoms with Gasteiger partial charge in [-0.3, -0.25) is 0 Å². The van der Waals surface area contributed by atoms with E-state index in [1.165, 1.54) is 0 Å². The molecule has 162 valence electrons. The van der Waals surface area contributed by atoms with E-state index in [0.717, 1.165) is 54.9 Å². The highest BCUT2D eigenvalue weighted by atomic mass is 33.1. The predicted octanol–water partition coefficient (Wildman–Crippen LogP) is 7.00. The molecule has 0 radical (unpaired) electrons. The Bertz CT molecular complexity index is 1110. The van der Waals surface area contributed by atoms with E-state index >= 15 is 0 Å². The summed E-state index contributed by atoms with van der Waals surface area (Å²) in [6.45, 7) is 0. The van der Waals surface area contributed by atoms with Crippen LogP contribution in [0.4, 0.5) is 11.4 Å².